The second kappa shape index (κ2) is 3.48. The first-order valence-corrected chi connectivity index (χ1v) is 3.93. The summed E-state index contributed by atoms with van der Waals surface area (Å²) < 4.78 is 4.06. The first kappa shape index (κ1) is 7.43. The van der Waals surface area contributed by atoms with Gasteiger partial charge in [0.25, 0.3) is 0 Å². The van der Waals surface area contributed by atoms with Gasteiger partial charge in [-0.1, -0.05) is 6.92 Å². The number of aryl methyl sites for hydroxylation is 1. The highest BCUT2D eigenvalue weighted by atomic mass is 32.1. The van der Waals surface area contributed by atoms with Crippen LogP contribution in [-0.4, -0.2) is 9.36 Å². The van der Waals surface area contributed by atoms with Crippen LogP contribution in [0.2, 0.25) is 0 Å². The van der Waals surface area contributed by atoms with Crippen molar-refractivity contribution in [2.24, 2.45) is 5.84 Å². The van der Waals surface area contributed by atoms with E-state index in [1.165, 1.54) is 11.5 Å². The minimum atomic E-state index is 0.684. The molecule has 10 heavy (non-hydrogen) atoms. The van der Waals surface area contributed by atoms with E-state index in [0.29, 0.717) is 5.13 Å². The van der Waals surface area contributed by atoms with E-state index in [4.69, 9.17) is 5.84 Å². The molecule has 0 bridgehead atoms. The highest BCUT2D eigenvalue weighted by Crippen LogP contribution is 2.09. The quantitative estimate of drug-likeness (QED) is 0.504. The molecule has 4 nitrogen and oxygen atoms in total. The minimum Gasteiger partial charge on any atom is -0.299 e. The van der Waals surface area contributed by atoms with Crippen LogP contribution in [0.15, 0.2) is 0 Å². The monoisotopic (exact) mass is 158 g/mol. The summed E-state index contributed by atoms with van der Waals surface area (Å²) in [7, 11) is 0. The third-order valence-electron chi connectivity index (χ3n) is 1.07. The van der Waals surface area contributed by atoms with Crippen molar-refractivity contribution in [2.75, 3.05) is 5.43 Å². The highest BCUT2D eigenvalue weighted by Gasteiger charge is 1.99. The molecule has 0 spiro atoms. The van der Waals surface area contributed by atoms with Gasteiger partial charge in [-0.15, -0.1) is 0 Å². The molecule has 0 unspecified atom stereocenters. The molecule has 0 aromatic carbocycles. The SMILES string of the molecule is CCCc1nsc(NN)n1. The molecule has 5 heteroatoms. The number of aromatic nitrogens is 2. The number of hydrazine groups is 1. The van der Waals surface area contributed by atoms with E-state index in [2.05, 4.69) is 21.7 Å². The van der Waals surface area contributed by atoms with Crippen LogP contribution in [0, 0.1) is 0 Å². The molecule has 0 saturated carbocycles. The molecular weight excluding hydrogens is 148 g/mol. The van der Waals surface area contributed by atoms with Crippen LogP contribution in [0.25, 0.3) is 0 Å². The van der Waals surface area contributed by atoms with Gasteiger partial charge in [0, 0.05) is 18.0 Å². The molecular formula is C5H10N4S. The fourth-order valence-electron chi connectivity index (χ4n) is 0.638. The number of nitrogens with zero attached hydrogens (tertiary/aromatic N) is 2. The molecule has 0 aliphatic heterocycles. The molecule has 0 amide bonds. The Kier molecular flexibility index (Phi) is 2.58. The maximum Gasteiger partial charge on any atom is 0.216 e. The van der Waals surface area contributed by atoms with Crippen LogP contribution >= 0.6 is 11.5 Å². The van der Waals surface area contributed by atoms with E-state index in [-0.39, 0.29) is 0 Å². The van der Waals surface area contributed by atoms with Crippen molar-refractivity contribution >= 4 is 16.7 Å². The zero-order valence-corrected chi connectivity index (χ0v) is 6.61. The number of nitrogens with two attached hydrogens (primary N) is 1. The van der Waals surface area contributed by atoms with Gasteiger partial charge in [0.15, 0.2) is 0 Å². The van der Waals surface area contributed by atoms with Gasteiger partial charge in [0.05, 0.1) is 0 Å². The van der Waals surface area contributed by atoms with Crippen molar-refractivity contribution in [3.8, 4) is 0 Å². The smallest absolute Gasteiger partial charge is 0.216 e. The third-order valence-corrected chi connectivity index (χ3v) is 1.75. The number of nitrogens with one attached hydrogen (secondary N) is 1. The predicted octanol–water partition coefficient (Wildman–Crippen LogP) is 0.776. The Morgan fingerprint density at radius 2 is 2.50 bits per heavy atom. The van der Waals surface area contributed by atoms with Gasteiger partial charge in [0.2, 0.25) is 5.13 Å². The Morgan fingerprint density at radius 1 is 1.70 bits per heavy atom. The van der Waals surface area contributed by atoms with Crippen molar-refractivity contribution in [3.63, 3.8) is 0 Å². The van der Waals surface area contributed by atoms with Crippen LogP contribution in [0.4, 0.5) is 5.13 Å². The predicted molar refractivity (Wildman–Crippen MR) is 41.7 cm³/mol. The number of nitrogen functional groups attached to an aromatic ring is 1. The van der Waals surface area contributed by atoms with E-state index in [9.17, 15) is 0 Å². The minimum absolute atomic E-state index is 0.684. The summed E-state index contributed by atoms with van der Waals surface area (Å²) in [4.78, 5) is 4.09. The summed E-state index contributed by atoms with van der Waals surface area (Å²) in [6, 6.07) is 0. The zero-order chi connectivity index (χ0) is 7.40. The second-order valence-electron chi connectivity index (χ2n) is 1.91. The van der Waals surface area contributed by atoms with Gasteiger partial charge >= 0.3 is 0 Å². The second-order valence-corrected chi connectivity index (χ2v) is 2.66. The molecule has 1 aromatic heterocycles. The Labute approximate surface area is 63.6 Å². The molecule has 0 fully saturated rings. The number of hydrogen-bond acceptors (Lipinski definition) is 5. The Morgan fingerprint density at radius 3 is 3.00 bits per heavy atom. The average Bonchev–Trinajstić information content (AvgIpc) is 2.37. The Hall–Kier alpha value is -0.680. The molecule has 0 saturated heterocycles. The van der Waals surface area contributed by atoms with Crippen LogP contribution in [-0.2, 0) is 6.42 Å². The first-order chi connectivity index (χ1) is 4.86. The summed E-state index contributed by atoms with van der Waals surface area (Å²) in [5, 5.41) is 0.684. The molecule has 0 aliphatic carbocycles. The molecule has 1 heterocycles. The lowest BCUT2D eigenvalue weighted by Gasteiger charge is -1.87. The van der Waals surface area contributed by atoms with E-state index in [1.54, 1.807) is 0 Å². The van der Waals surface area contributed by atoms with Crippen molar-refractivity contribution in [2.45, 2.75) is 19.8 Å². The summed E-state index contributed by atoms with van der Waals surface area (Å²) in [5.74, 6) is 5.99. The molecule has 1 rings (SSSR count). The van der Waals surface area contributed by atoms with Crippen molar-refractivity contribution in [1.29, 1.82) is 0 Å². The van der Waals surface area contributed by atoms with Gasteiger partial charge in [0.1, 0.15) is 5.82 Å². The topological polar surface area (TPSA) is 63.8 Å². The standard InChI is InChI=1S/C5H10N4S/c1-2-3-4-7-5(8-6)10-9-4/h2-3,6H2,1H3,(H,7,8,9). The van der Waals surface area contributed by atoms with Gasteiger partial charge in [-0.05, 0) is 6.42 Å². The summed E-state index contributed by atoms with van der Waals surface area (Å²) in [6.45, 7) is 2.09. The van der Waals surface area contributed by atoms with Crippen LogP contribution in [0.1, 0.15) is 19.2 Å². The third kappa shape index (κ3) is 1.65. The molecule has 56 valence electrons. The van der Waals surface area contributed by atoms with Gasteiger partial charge in [-0.25, -0.2) is 10.8 Å². The Bertz CT molecular complexity index is 197. The van der Waals surface area contributed by atoms with Gasteiger partial charge in [-0.3, -0.25) is 5.43 Å². The summed E-state index contributed by atoms with van der Waals surface area (Å²) in [5.41, 5.74) is 2.45. The van der Waals surface area contributed by atoms with Gasteiger partial charge in [-0.2, -0.15) is 4.37 Å². The van der Waals surface area contributed by atoms with Crippen LogP contribution in [0.5, 0.6) is 0 Å². The number of hydrogen-bond donors (Lipinski definition) is 2. The largest absolute Gasteiger partial charge is 0.299 e. The summed E-state index contributed by atoms with van der Waals surface area (Å²) >= 11 is 1.29. The molecule has 0 aliphatic rings. The lowest BCUT2D eigenvalue weighted by Crippen LogP contribution is -2.05. The lowest BCUT2D eigenvalue weighted by atomic mass is 10.3. The number of anilines is 1. The summed E-state index contributed by atoms with van der Waals surface area (Å²) in [6.07, 6.45) is 2.00. The number of rotatable bonds is 3. The van der Waals surface area contributed by atoms with E-state index >= 15 is 0 Å². The lowest BCUT2D eigenvalue weighted by molar-refractivity contribution is 0.861. The fourth-order valence-corrected chi connectivity index (χ4v) is 1.16. The maximum absolute atomic E-state index is 5.12. The van der Waals surface area contributed by atoms with Crippen LogP contribution < -0.4 is 11.3 Å². The zero-order valence-electron chi connectivity index (χ0n) is 5.79. The fraction of sp³-hybridized carbons (Fsp3) is 0.600. The van der Waals surface area contributed by atoms with Crippen molar-refractivity contribution in [3.05, 3.63) is 5.82 Å². The van der Waals surface area contributed by atoms with Crippen LogP contribution in [0.3, 0.4) is 0 Å². The average molecular weight is 158 g/mol. The molecule has 0 atom stereocenters. The Balaban J connectivity index is 2.59. The van der Waals surface area contributed by atoms with E-state index in [0.717, 1.165) is 18.7 Å². The molecule has 0 radical (unpaired) electrons. The normalized spacial score (nSPS) is 9.80. The molecule has 3 N–H and O–H groups in total. The van der Waals surface area contributed by atoms with E-state index < -0.39 is 0 Å². The first-order valence-electron chi connectivity index (χ1n) is 3.16. The van der Waals surface area contributed by atoms with Gasteiger partial charge < -0.3 is 0 Å². The van der Waals surface area contributed by atoms with Crippen molar-refractivity contribution in [1.82, 2.24) is 9.36 Å². The van der Waals surface area contributed by atoms with Crippen molar-refractivity contribution < 1.29 is 0 Å². The molecule has 1 aromatic rings. The van der Waals surface area contributed by atoms with E-state index in [1.807, 2.05) is 0 Å². The maximum atomic E-state index is 5.12. The highest BCUT2D eigenvalue weighted by molar-refractivity contribution is 7.09.